The Morgan fingerprint density at radius 1 is 1.19 bits per heavy atom. The van der Waals surface area contributed by atoms with Crippen molar-refractivity contribution in [1.29, 1.82) is 0 Å². The molecule has 0 atom stereocenters. The summed E-state index contributed by atoms with van der Waals surface area (Å²) in [5.74, 6) is 0.725. The van der Waals surface area contributed by atoms with E-state index in [0.717, 1.165) is 41.4 Å². The van der Waals surface area contributed by atoms with Gasteiger partial charge in [0.15, 0.2) is 5.82 Å². The smallest absolute Gasteiger partial charge is 0.224 e. The second kappa shape index (κ2) is 7.95. The van der Waals surface area contributed by atoms with Gasteiger partial charge in [0.1, 0.15) is 6.33 Å². The lowest BCUT2D eigenvalue weighted by Gasteiger charge is -2.08. The number of aromatic nitrogens is 5. The number of amides is 1. The molecule has 7 nitrogen and oxygen atoms in total. The van der Waals surface area contributed by atoms with Crippen LogP contribution in [-0.2, 0) is 24.3 Å². The summed E-state index contributed by atoms with van der Waals surface area (Å²) < 4.78 is 3.85. The van der Waals surface area contributed by atoms with Crippen LogP contribution in [0.5, 0.6) is 0 Å². The number of aryl methyl sites for hydroxylation is 2. The van der Waals surface area contributed by atoms with Crippen LogP contribution in [0.2, 0.25) is 0 Å². The molecule has 1 amide bonds. The van der Waals surface area contributed by atoms with Crippen molar-refractivity contribution in [3.05, 3.63) is 59.4 Å². The monoisotopic (exact) mass is 352 g/mol. The predicted molar refractivity (Wildman–Crippen MR) is 98.9 cm³/mol. The highest BCUT2D eigenvalue weighted by atomic mass is 16.1. The quantitative estimate of drug-likeness (QED) is 0.708. The summed E-state index contributed by atoms with van der Waals surface area (Å²) in [5, 5.41) is 15.5. The number of para-hydroxylation sites is 1. The lowest BCUT2D eigenvalue weighted by atomic mass is 10.1. The molecule has 0 aliphatic rings. The van der Waals surface area contributed by atoms with Crippen LogP contribution >= 0.6 is 0 Å². The fourth-order valence-corrected chi connectivity index (χ4v) is 3.00. The summed E-state index contributed by atoms with van der Waals surface area (Å²) >= 11 is 0. The summed E-state index contributed by atoms with van der Waals surface area (Å²) in [6, 6.07) is 9.93. The van der Waals surface area contributed by atoms with Gasteiger partial charge in [-0.15, -0.1) is 10.2 Å². The first-order chi connectivity index (χ1) is 12.6. The van der Waals surface area contributed by atoms with E-state index in [0.29, 0.717) is 13.0 Å². The molecule has 2 heterocycles. The molecule has 0 fully saturated rings. The molecule has 3 aromatic rings. The molecule has 0 unspecified atom stereocenters. The molecule has 26 heavy (non-hydrogen) atoms. The summed E-state index contributed by atoms with van der Waals surface area (Å²) in [7, 11) is 0. The first-order valence-electron chi connectivity index (χ1n) is 8.84. The Hall–Kier alpha value is -2.96. The van der Waals surface area contributed by atoms with Crippen LogP contribution in [0, 0.1) is 13.8 Å². The van der Waals surface area contributed by atoms with E-state index in [2.05, 4.69) is 27.5 Å². The SMILES string of the molecule is CCCn1cnnc1CNC(=O)Cc1c(C)nn(-c2ccccc2)c1C. The van der Waals surface area contributed by atoms with Crippen molar-refractivity contribution in [3.8, 4) is 5.69 Å². The van der Waals surface area contributed by atoms with Gasteiger partial charge in [0.2, 0.25) is 5.91 Å². The van der Waals surface area contributed by atoms with E-state index in [1.54, 1.807) is 6.33 Å². The van der Waals surface area contributed by atoms with Crippen molar-refractivity contribution in [3.63, 3.8) is 0 Å². The van der Waals surface area contributed by atoms with Crippen molar-refractivity contribution >= 4 is 5.91 Å². The number of carbonyl (C=O) groups excluding carboxylic acids is 1. The Bertz CT molecular complexity index is 881. The van der Waals surface area contributed by atoms with Crippen LogP contribution < -0.4 is 5.32 Å². The molecule has 0 radical (unpaired) electrons. The molecular formula is C19H24N6O. The van der Waals surface area contributed by atoms with Gasteiger partial charge in [-0.25, -0.2) is 4.68 Å². The second-order valence-electron chi connectivity index (χ2n) is 6.29. The largest absolute Gasteiger partial charge is 0.349 e. The Morgan fingerprint density at radius 3 is 2.69 bits per heavy atom. The topological polar surface area (TPSA) is 77.6 Å². The summed E-state index contributed by atoms with van der Waals surface area (Å²) in [4.78, 5) is 12.4. The van der Waals surface area contributed by atoms with Gasteiger partial charge in [0.05, 0.1) is 24.3 Å². The van der Waals surface area contributed by atoms with E-state index in [9.17, 15) is 4.79 Å². The zero-order valence-electron chi connectivity index (χ0n) is 15.4. The maximum absolute atomic E-state index is 12.4. The highest BCUT2D eigenvalue weighted by Crippen LogP contribution is 2.18. The molecule has 0 saturated carbocycles. The average Bonchev–Trinajstić information content (AvgIpc) is 3.20. The van der Waals surface area contributed by atoms with Gasteiger partial charge in [0.25, 0.3) is 0 Å². The molecule has 1 aromatic carbocycles. The number of rotatable bonds is 7. The molecule has 7 heteroatoms. The molecule has 3 rings (SSSR count). The zero-order chi connectivity index (χ0) is 18.5. The maximum Gasteiger partial charge on any atom is 0.224 e. The number of carbonyl (C=O) groups is 1. The first kappa shape index (κ1) is 17.8. The van der Waals surface area contributed by atoms with Gasteiger partial charge in [-0.05, 0) is 32.4 Å². The molecule has 0 aliphatic carbocycles. The first-order valence-corrected chi connectivity index (χ1v) is 8.84. The van der Waals surface area contributed by atoms with Gasteiger partial charge < -0.3 is 9.88 Å². The van der Waals surface area contributed by atoms with Gasteiger partial charge in [-0.2, -0.15) is 5.10 Å². The van der Waals surface area contributed by atoms with Crippen molar-refractivity contribution in [1.82, 2.24) is 29.9 Å². The third-order valence-corrected chi connectivity index (χ3v) is 4.38. The molecule has 136 valence electrons. The Labute approximate surface area is 153 Å². The van der Waals surface area contributed by atoms with E-state index in [1.807, 2.05) is 53.4 Å². The Morgan fingerprint density at radius 2 is 1.96 bits per heavy atom. The molecule has 0 bridgehead atoms. The van der Waals surface area contributed by atoms with Crippen LogP contribution in [0.4, 0.5) is 0 Å². The third-order valence-electron chi connectivity index (χ3n) is 4.38. The average molecular weight is 352 g/mol. The number of hydrogen-bond donors (Lipinski definition) is 1. The van der Waals surface area contributed by atoms with Crippen molar-refractivity contribution in [2.75, 3.05) is 0 Å². The minimum Gasteiger partial charge on any atom is -0.349 e. The highest BCUT2D eigenvalue weighted by Gasteiger charge is 2.16. The molecule has 2 aromatic heterocycles. The summed E-state index contributed by atoms with van der Waals surface area (Å²) in [6.45, 7) is 7.25. The third kappa shape index (κ3) is 3.82. The van der Waals surface area contributed by atoms with Crippen molar-refractivity contribution in [2.45, 2.75) is 46.7 Å². The van der Waals surface area contributed by atoms with Crippen LogP contribution in [-0.4, -0.2) is 30.5 Å². The van der Waals surface area contributed by atoms with Crippen LogP contribution in [0.1, 0.15) is 36.1 Å². The van der Waals surface area contributed by atoms with Crippen molar-refractivity contribution < 1.29 is 4.79 Å². The van der Waals surface area contributed by atoms with Crippen molar-refractivity contribution in [2.24, 2.45) is 0 Å². The molecule has 0 spiro atoms. The van der Waals surface area contributed by atoms with Crippen LogP contribution in [0.15, 0.2) is 36.7 Å². The lowest BCUT2D eigenvalue weighted by Crippen LogP contribution is -2.26. The lowest BCUT2D eigenvalue weighted by molar-refractivity contribution is -0.120. The summed E-state index contributed by atoms with van der Waals surface area (Å²) in [6.07, 6.45) is 2.99. The normalized spacial score (nSPS) is 10.9. The van der Waals surface area contributed by atoms with E-state index in [1.165, 1.54) is 0 Å². The van der Waals surface area contributed by atoms with E-state index in [4.69, 9.17) is 0 Å². The van der Waals surface area contributed by atoms with E-state index < -0.39 is 0 Å². The van der Waals surface area contributed by atoms with Gasteiger partial charge in [-0.3, -0.25) is 4.79 Å². The number of hydrogen-bond acceptors (Lipinski definition) is 4. The zero-order valence-corrected chi connectivity index (χ0v) is 15.4. The molecular weight excluding hydrogens is 328 g/mol. The van der Waals surface area contributed by atoms with Gasteiger partial charge in [-0.1, -0.05) is 25.1 Å². The fraction of sp³-hybridized carbons (Fsp3) is 0.368. The van der Waals surface area contributed by atoms with Gasteiger partial charge >= 0.3 is 0 Å². The second-order valence-corrected chi connectivity index (χ2v) is 6.29. The molecule has 0 aliphatic heterocycles. The number of benzene rings is 1. The fourth-order valence-electron chi connectivity index (χ4n) is 3.00. The Balaban J connectivity index is 1.68. The van der Waals surface area contributed by atoms with Gasteiger partial charge in [0, 0.05) is 17.8 Å². The minimum atomic E-state index is -0.0464. The van der Waals surface area contributed by atoms with E-state index >= 15 is 0 Å². The standard InChI is InChI=1S/C19H24N6O/c1-4-10-24-13-21-22-18(24)12-20-19(26)11-17-14(2)23-25(15(17)3)16-8-6-5-7-9-16/h5-9,13H,4,10-12H2,1-3H3,(H,20,26). The molecule has 0 saturated heterocycles. The minimum absolute atomic E-state index is 0.0464. The predicted octanol–water partition coefficient (Wildman–Crippen LogP) is 2.35. The molecule has 1 N–H and O–H groups in total. The maximum atomic E-state index is 12.4. The van der Waals surface area contributed by atoms with Crippen LogP contribution in [0.3, 0.4) is 0 Å². The highest BCUT2D eigenvalue weighted by molar-refractivity contribution is 5.79. The Kier molecular flexibility index (Phi) is 5.46. The van der Waals surface area contributed by atoms with Crippen LogP contribution in [0.25, 0.3) is 5.69 Å². The number of nitrogens with one attached hydrogen (secondary N) is 1. The van der Waals surface area contributed by atoms with E-state index in [-0.39, 0.29) is 5.91 Å². The summed E-state index contributed by atoms with van der Waals surface area (Å²) in [5.41, 5.74) is 3.81. The number of nitrogens with zero attached hydrogens (tertiary/aromatic N) is 5.